The Morgan fingerprint density at radius 3 is 3.00 bits per heavy atom. The third-order valence-corrected chi connectivity index (χ3v) is 2.48. The molecule has 15 heavy (non-hydrogen) atoms. The molecule has 0 saturated carbocycles. The fraction of sp³-hybridized carbons (Fsp3) is 0.125. The van der Waals surface area contributed by atoms with Gasteiger partial charge in [0, 0.05) is 6.54 Å². The van der Waals surface area contributed by atoms with Gasteiger partial charge in [0.1, 0.15) is 0 Å². The van der Waals surface area contributed by atoms with E-state index in [1.165, 1.54) is 0 Å². The quantitative estimate of drug-likeness (QED) is 0.691. The highest BCUT2D eigenvalue weighted by atomic mass is 32.1. The number of aromatic amines is 2. The summed E-state index contributed by atoms with van der Waals surface area (Å²) >= 11 is 1.58. The van der Waals surface area contributed by atoms with E-state index < -0.39 is 11.2 Å². The summed E-state index contributed by atoms with van der Waals surface area (Å²) in [5, 5.41) is 12.5. The Hall–Kier alpha value is -1.89. The summed E-state index contributed by atoms with van der Waals surface area (Å²) in [6, 6.07) is 1.94. The molecule has 2 aromatic heterocycles. The number of nitrogens with one attached hydrogen (secondary N) is 3. The van der Waals surface area contributed by atoms with Gasteiger partial charge < -0.3 is 5.32 Å². The molecule has 0 fully saturated rings. The van der Waals surface area contributed by atoms with Crippen molar-refractivity contribution >= 4 is 17.2 Å². The van der Waals surface area contributed by atoms with Crippen LogP contribution in [-0.2, 0) is 6.54 Å². The topological polar surface area (TPSA) is 90.6 Å². The third kappa shape index (κ3) is 2.32. The van der Waals surface area contributed by atoms with Gasteiger partial charge in [-0.2, -0.15) is 11.3 Å². The van der Waals surface area contributed by atoms with Crippen molar-refractivity contribution in [3.63, 3.8) is 0 Å². The van der Waals surface area contributed by atoms with Crippen LogP contribution in [0.2, 0.25) is 0 Å². The third-order valence-electron chi connectivity index (χ3n) is 1.75. The van der Waals surface area contributed by atoms with Crippen LogP contribution in [0, 0.1) is 0 Å². The summed E-state index contributed by atoms with van der Waals surface area (Å²) in [5.74, 6) is 0.112. The molecular formula is C8H8N4O2S. The minimum absolute atomic E-state index is 0.112. The summed E-state index contributed by atoms with van der Waals surface area (Å²) < 4.78 is 0. The number of hydrogen-bond donors (Lipinski definition) is 3. The highest BCUT2D eigenvalue weighted by Gasteiger charge is 2.01. The molecule has 2 aromatic rings. The normalized spacial score (nSPS) is 10.1. The largest absolute Gasteiger partial charge is 0.360 e. The first-order valence-corrected chi connectivity index (χ1v) is 5.14. The van der Waals surface area contributed by atoms with Gasteiger partial charge in [0.25, 0.3) is 5.56 Å². The molecule has 0 amide bonds. The Morgan fingerprint density at radius 2 is 2.33 bits per heavy atom. The highest BCUT2D eigenvalue weighted by molar-refractivity contribution is 7.07. The maximum Gasteiger partial charge on any atom is 0.342 e. The Labute approximate surface area is 88.0 Å². The van der Waals surface area contributed by atoms with Crippen LogP contribution in [0.5, 0.6) is 0 Å². The van der Waals surface area contributed by atoms with E-state index >= 15 is 0 Å². The Morgan fingerprint density at radius 1 is 1.47 bits per heavy atom. The minimum Gasteiger partial charge on any atom is -0.360 e. The summed E-state index contributed by atoms with van der Waals surface area (Å²) in [4.78, 5) is 24.0. The van der Waals surface area contributed by atoms with Crippen molar-refractivity contribution in [3.05, 3.63) is 43.2 Å². The first kappa shape index (κ1) is 9.66. The zero-order valence-corrected chi connectivity index (χ0v) is 8.43. The van der Waals surface area contributed by atoms with Crippen molar-refractivity contribution in [1.29, 1.82) is 0 Å². The predicted molar refractivity (Wildman–Crippen MR) is 57.1 cm³/mol. The number of hydrogen-bond acceptors (Lipinski definition) is 5. The molecule has 0 unspecified atom stereocenters. The van der Waals surface area contributed by atoms with Gasteiger partial charge in [-0.25, -0.2) is 9.89 Å². The molecule has 0 aliphatic carbocycles. The second kappa shape index (κ2) is 4.09. The average Bonchev–Trinajstić information content (AvgIpc) is 2.69. The number of aromatic nitrogens is 3. The maximum absolute atomic E-state index is 11.2. The second-order valence-corrected chi connectivity index (χ2v) is 3.62. The molecule has 2 rings (SSSR count). The molecule has 0 atom stereocenters. The zero-order valence-electron chi connectivity index (χ0n) is 7.61. The molecule has 3 N–H and O–H groups in total. The van der Waals surface area contributed by atoms with E-state index in [-0.39, 0.29) is 5.82 Å². The van der Waals surface area contributed by atoms with Crippen molar-refractivity contribution in [2.75, 3.05) is 5.32 Å². The molecule has 6 nitrogen and oxygen atoms in total. The molecular weight excluding hydrogens is 216 g/mol. The van der Waals surface area contributed by atoms with Gasteiger partial charge in [-0.15, -0.1) is 5.10 Å². The lowest BCUT2D eigenvalue weighted by Crippen LogP contribution is -2.26. The molecule has 0 aliphatic heterocycles. The molecule has 78 valence electrons. The smallest absolute Gasteiger partial charge is 0.342 e. The molecule has 0 radical (unpaired) electrons. The number of rotatable bonds is 3. The van der Waals surface area contributed by atoms with Crippen molar-refractivity contribution in [1.82, 2.24) is 15.2 Å². The van der Waals surface area contributed by atoms with E-state index in [0.717, 1.165) is 5.56 Å². The van der Waals surface area contributed by atoms with Crippen molar-refractivity contribution in [2.24, 2.45) is 0 Å². The van der Waals surface area contributed by atoms with Crippen molar-refractivity contribution in [2.45, 2.75) is 6.54 Å². The van der Waals surface area contributed by atoms with Crippen molar-refractivity contribution < 1.29 is 0 Å². The van der Waals surface area contributed by atoms with E-state index in [1.807, 2.05) is 16.8 Å². The van der Waals surface area contributed by atoms with Crippen molar-refractivity contribution in [3.8, 4) is 0 Å². The minimum atomic E-state index is -0.610. The molecule has 0 saturated heterocycles. The van der Waals surface area contributed by atoms with Crippen LogP contribution >= 0.6 is 11.3 Å². The lowest BCUT2D eigenvalue weighted by Gasteiger charge is -2.00. The van der Waals surface area contributed by atoms with Gasteiger partial charge >= 0.3 is 5.69 Å². The average molecular weight is 224 g/mol. The van der Waals surface area contributed by atoms with Gasteiger partial charge in [0.2, 0.25) is 5.82 Å². The van der Waals surface area contributed by atoms with E-state index in [0.29, 0.717) is 6.54 Å². The van der Waals surface area contributed by atoms with Crippen LogP contribution < -0.4 is 16.6 Å². The fourth-order valence-electron chi connectivity index (χ4n) is 1.05. The van der Waals surface area contributed by atoms with Gasteiger partial charge in [-0.05, 0) is 22.4 Å². The molecule has 7 heteroatoms. The van der Waals surface area contributed by atoms with Crippen LogP contribution in [0.4, 0.5) is 5.82 Å². The molecule has 2 heterocycles. The number of thiophene rings is 1. The summed E-state index contributed by atoms with van der Waals surface area (Å²) in [6.07, 6.45) is 0. The highest BCUT2D eigenvalue weighted by Crippen LogP contribution is 2.06. The SMILES string of the molecule is O=c1[nH]nc(NCc2ccsc2)c(=O)[nH]1. The summed E-state index contributed by atoms with van der Waals surface area (Å²) in [7, 11) is 0. The summed E-state index contributed by atoms with van der Waals surface area (Å²) in [5.41, 5.74) is -0.0672. The second-order valence-electron chi connectivity index (χ2n) is 2.84. The van der Waals surface area contributed by atoms with Gasteiger partial charge in [0.05, 0.1) is 0 Å². The number of anilines is 1. The first-order chi connectivity index (χ1) is 7.25. The molecule has 0 bridgehead atoms. The standard InChI is InChI=1S/C8H8N4O2S/c13-7-6(11-12-8(14)10-7)9-3-5-1-2-15-4-5/h1-2,4H,3H2,(H,9,11)(H2,10,12,13,14). The lowest BCUT2D eigenvalue weighted by molar-refractivity contribution is 0.883. The Balaban J connectivity index is 2.12. The molecule has 0 spiro atoms. The van der Waals surface area contributed by atoms with Crippen LogP contribution in [-0.4, -0.2) is 15.2 Å². The first-order valence-electron chi connectivity index (χ1n) is 4.19. The lowest BCUT2D eigenvalue weighted by atomic mass is 10.3. The van der Waals surface area contributed by atoms with Crippen LogP contribution in [0.15, 0.2) is 26.4 Å². The van der Waals surface area contributed by atoms with Gasteiger partial charge in [-0.3, -0.25) is 9.78 Å². The van der Waals surface area contributed by atoms with E-state index in [2.05, 4.69) is 20.5 Å². The van der Waals surface area contributed by atoms with Crippen LogP contribution in [0.25, 0.3) is 0 Å². The molecule has 0 aromatic carbocycles. The van der Waals surface area contributed by atoms with Gasteiger partial charge in [0.15, 0.2) is 0 Å². The maximum atomic E-state index is 11.2. The number of H-pyrrole nitrogens is 2. The molecule has 0 aliphatic rings. The predicted octanol–water partition coefficient (Wildman–Crippen LogP) is 0.132. The zero-order chi connectivity index (χ0) is 10.7. The van der Waals surface area contributed by atoms with Crippen LogP contribution in [0.3, 0.4) is 0 Å². The van der Waals surface area contributed by atoms with E-state index in [1.54, 1.807) is 11.3 Å². The van der Waals surface area contributed by atoms with Crippen LogP contribution in [0.1, 0.15) is 5.56 Å². The van der Waals surface area contributed by atoms with E-state index in [4.69, 9.17) is 0 Å². The fourth-order valence-corrected chi connectivity index (χ4v) is 1.72. The van der Waals surface area contributed by atoms with Gasteiger partial charge in [-0.1, -0.05) is 0 Å². The monoisotopic (exact) mass is 224 g/mol. The van der Waals surface area contributed by atoms with E-state index in [9.17, 15) is 9.59 Å². The Kier molecular flexibility index (Phi) is 2.64. The Bertz CT molecular complexity index is 542. The number of nitrogens with zero attached hydrogens (tertiary/aromatic N) is 1. The summed E-state index contributed by atoms with van der Waals surface area (Å²) in [6.45, 7) is 0.506.